The van der Waals surface area contributed by atoms with E-state index >= 15 is 0 Å². The molecule has 0 radical (unpaired) electrons. The second kappa shape index (κ2) is 6.21. The van der Waals surface area contributed by atoms with E-state index in [0.29, 0.717) is 6.42 Å². The zero-order valence-corrected chi connectivity index (χ0v) is 11.9. The van der Waals surface area contributed by atoms with Gasteiger partial charge < -0.3 is 10.4 Å². The Hall–Kier alpha value is -2.63. The first kappa shape index (κ1) is 14.8. The van der Waals surface area contributed by atoms with Crippen molar-refractivity contribution in [3.8, 4) is 0 Å². The zero-order chi connectivity index (χ0) is 15.4. The molecule has 1 aromatic carbocycles. The molecule has 0 saturated carbocycles. The molecule has 2 aromatic rings. The molecular weight excluding hydrogens is 270 g/mol. The van der Waals surface area contributed by atoms with E-state index in [2.05, 4.69) is 10.4 Å². The minimum Gasteiger partial charge on any atom is -0.478 e. The first-order chi connectivity index (χ1) is 10.0. The zero-order valence-electron chi connectivity index (χ0n) is 11.9. The number of rotatable bonds is 5. The average Bonchev–Trinajstić information content (AvgIpc) is 2.90. The lowest BCUT2D eigenvalue weighted by atomic mass is 10.1. The SMILES string of the molecule is CCC(NC(=O)c1ccccc1C(=O)O)c1ccnn1C. The van der Waals surface area contributed by atoms with Crippen molar-refractivity contribution in [2.45, 2.75) is 19.4 Å². The Morgan fingerprint density at radius 3 is 2.48 bits per heavy atom. The number of carbonyl (C=O) groups excluding carboxylic acids is 1. The quantitative estimate of drug-likeness (QED) is 0.881. The van der Waals surface area contributed by atoms with Gasteiger partial charge in [0.2, 0.25) is 0 Å². The van der Waals surface area contributed by atoms with E-state index < -0.39 is 11.9 Å². The number of hydrogen-bond acceptors (Lipinski definition) is 3. The van der Waals surface area contributed by atoms with Gasteiger partial charge in [0, 0.05) is 13.2 Å². The van der Waals surface area contributed by atoms with Crippen LogP contribution in [0.2, 0.25) is 0 Å². The maximum absolute atomic E-state index is 12.3. The summed E-state index contributed by atoms with van der Waals surface area (Å²) in [6, 6.07) is 7.78. The fraction of sp³-hybridized carbons (Fsp3) is 0.267. The number of aromatic carboxylic acids is 1. The topological polar surface area (TPSA) is 84.2 Å². The first-order valence-electron chi connectivity index (χ1n) is 6.65. The molecule has 0 aliphatic heterocycles. The molecule has 21 heavy (non-hydrogen) atoms. The molecular formula is C15H17N3O3. The van der Waals surface area contributed by atoms with Crippen molar-refractivity contribution in [1.82, 2.24) is 15.1 Å². The highest BCUT2D eigenvalue weighted by Gasteiger charge is 2.20. The van der Waals surface area contributed by atoms with E-state index in [1.807, 2.05) is 13.0 Å². The summed E-state index contributed by atoms with van der Waals surface area (Å²) < 4.78 is 1.69. The Morgan fingerprint density at radius 1 is 1.29 bits per heavy atom. The smallest absolute Gasteiger partial charge is 0.336 e. The molecule has 0 bridgehead atoms. The molecule has 1 unspecified atom stereocenters. The highest BCUT2D eigenvalue weighted by atomic mass is 16.4. The van der Waals surface area contributed by atoms with Gasteiger partial charge in [-0.2, -0.15) is 5.10 Å². The van der Waals surface area contributed by atoms with Crippen molar-refractivity contribution in [2.24, 2.45) is 7.05 Å². The molecule has 1 aromatic heterocycles. The summed E-state index contributed by atoms with van der Waals surface area (Å²) in [5.41, 5.74) is 1.03. The summed E-state index contributed by atoms with van der Waals surface area (Å²) in [6.07, 6.45) is 2.34. The van der Waals surface area contributed by atoms with Gasteiger partial charge in [0.05, 0.1) is 22.9 Å². The minimum absolute atomic E-state index is 0.00476. The number of nitrogens with one attached hydrogen (secondary N) is 1. The van der Waals surface area contributed by atoms with Gasteiger partial charge >= 0.3 is 5.97 Å². The number of hydrogen-bond donors (Lipinski definition) is 2. The van der Waals surface area contributed by atoms with Gasteiger partial charge in [0.1, 0.15) is 0 Å². The third-order valence-electron chi connectivity index (χ3n) is 3.33. The summed E-state index contributed by atoms with van der Waals surface area (Å²) in [4.78, 5) is 23.5. The van der Waals surface area contributed by atoms with Crippen LogP contribution >= 0.6 is 0 Å². The predicted molar refractivity (Wildman–Crippen MR) is 77.1 cm³/mol. The molecule has 1 heterocycles. The van der Waals surface area contributed by atoms with Crippen molar-refractivity contribution >= 4 is 11.9 Å². The number of amides is 1. The van der Waals surface area contributed by atoms with Crippen molar-refractivity contribution in [2.75, 3.05) is 0 Å². The Labute approximate surface area is 122 Å². The monoisotopic (exact) mass is 287 g/mol. The van der Waals surface area contributed by atoms with Gasteiger partial charge in [-0.1, -0.05) is 19.1 Å². The highest BCUT2D eigenvalue weighted by molar-refractivity contribution is 6.04. The highest BCUT2D eigenvalue weighted by Crippen LogP contribution is 2.17. The largest absolute Gasteiger partial charge is 0.478 e. The number of nitrogens with zero attached hydrogens (tertiary/aromatic N) is 2. The standard InChI is InChI=1S/C15H17N3O3/c1-3-12(13-8-9-16-18(13)2)17-14(19)10-6-4-5-7-11(10)15(20)21/h4-9,12H,3H2,1-2H3,(H,17,19)(H,20,21). The molecule has 0 saturated heterocycles. The number of carbonyl (C=O) groups is 2. The first-order valence-corrected chi connectivity index (χ1v) is 6.65. The van der Waals surface area contributed by atoms with Crippen LogP contribution in [0.25, 0.3) is 0 Å². The van der Waals surface area contributed by atoms with E-state index in [1.165, 1.54) is 12.1 Å². The van der Waals surface area contributed by atoms with Crippen LogP contribution in [0.1, 0.15) is 45.8 Å². The predicted octanol–water partition coefficient (Wildman–Crippen LogP) is 2.00. The van der Waals surface area contributed by atoms with Crippen LogP contribution in [-0.4, -0.2) is 26.8 Å². The number of benzene rings is 1. The summed E-state index contributed by atoms with van der Waals surface area (Å²) in [5, 5.41) is 16.1. The Bertz CT molecular complexity index is 664. The van der Waals surface area contributed by atoms with Crippen LogP contribution in [0.15, 0.2) is 36.5 Å². The lowest BCUT2D eigenvalue weighted by molar-refractivity contribution is 0.0690. The third-order valence-corrected chi connectivity index (χ3v) is 3.33. The second-order valence-electron chi connectivity index (χ2n) is 4.66. The Morgan fingerprint density at radius 2 is 1.95 bits per heavy atom. The van der Waals surface area contributed by atoms with Gasteiger partial charge in [-0.3, -0.25) is 9.48 Å². The average molecular weight is 287 g/mol. The molecule has 0 fully saturated rings. The number of aromatic nitrogens is 2. The molecule has 6 heteroatoms. The molecule has 0 aliphatic rings. The Kier molecular flexibility index (Phi) is 4.37. The Balaban J connectivity index is 2.25. The van der Waals surface area contributed by atoms with Gasteiger partial charge in [-0.25, -0.2) is 4.79 Å². The molecule has 1 amide bonds. The molecule has 2 rings (SSSR count). The summed E-state index contributed by atoms with van der Waals surface area (Å²) in [6.45, 7) is 1.95. The van der Waals surface area contributed by atoms with E-state index in [4.69, 9.17) is 5.11 Å². The molecule has 0 aliphatic carbocycles. The summed E-state index contributed by atoms with van der Waals surface area (Å²) >= 11 is 0. The molecule has 2 N–H and O–H groups in total. The van der Waals surface area contributed by atoms with Crippen LogP contribution in [0, 0.1) is 0 Å². The van der Waals surface area contributed by atoms with E-state index in [-0.39, 0.29) is 17.2 Å². The number of carboxylic acids is 1. The van der Waals surface area contributed by atoms with Gasteiger partial charge in [-0.05, 0) is 24.6 Å². The van der Waals surface area contributed by atoms with Crippen molar-refractivity contribution < 1.29 is 14.7 Å². The van der Waals surface area contributed by atoms with Crippen molar-refractivity contribution in [3.05, 3.63) is 53.3 Å². The molecule has 1 atom stereocenters. The van der Waals surface area contributed by atoms with Crippen molar-refractivity contribution in [3.63, 3.8) is 0 Å². The fourth-order valence-corrected chi connectivity index (χ4v) is 2.21. The van der Waals surface area contributed by atoms with Crippen LogP contribution in [0.5, 0.6) is 0 Å². The van der Waals surface area contributed by atoms with Crippen LogP contribution in [0.3, 0.4) is 0 Å². The third kappa shape index (κ3) is 3.10. The second-order valence-corrected chi connectivity index (χ2v) is 4.66. The maximum Gasteiger partial charge on any atom is 0.336 e. The lowest BCUT2D eigenvalue weighted by Crippen LogP contribution is -2.30. The van der Waals surface area contributed by atoms with Crippen molar-refractivity contribution in [1.29, 1.82) is 0 Å². The molecule has 110 valence electrons. The molecule has 6 nitrogen and oxygen atoms in total. The maximum atomic E-state index is 12.3. The summed E-state index contributed by atoms with van der Waals surface area (Å²) in [7, 11) is 1.80. The lowest BCUT2D eigenvalue weighted by Gasteiger charge is -2.18. The summed E-state index contributed by atoms with van der Waals surface area (Å²) in [5.74, 6) is -1.52. The van der Waals surface area contributed by atoms with Gasteiger partial charge in [0.15, 0.2) is 0 Å². The van der Waals surface area contributed by atoms with Gasteiger partial charge in [-0.15, -0.1) is 0 Å². The van der Waals surface area contributed by atoms with Crippen LogP contribution in [-0.2, 0) is 7.05 Å². The number of carboxylic acid groups (broad SMARTS) is 1. The van der Waals surface area contributed by atoms with E-state index in [0.717, 1.165) is 5.69 Å². The van der Waals surface area contributed by atoms with Crippen LogP contribution < -0.4 is 5.32 Å². The molecule has 0 spiro atoms. The van der Waals surface area contributed by atoms with E-state index in [9.17, 15) is 9.59 Å². The van der Waals surface area contributed by atoms with Gasteiger partial charge in [0.25, 0.3) is 5.91 Å². The van der Waals surface area contributed by atoms with Crippen LogP contribution in [0.4, 0.5) is 0 Å². The van der Waals surface area contributed by atoms with E-state index in [1.54, 1.807) is 30.1 Å². The fourth-order valence-electron chi connectivity index (χ4n) is 2.21. The minimum atomic E-state index is -1.12. The normalized spacial score (nSPS) is 11.9. The number of aryl methyl sites for hydroxylation is 1.